The molecule has 2 aromatic heterocycles. The zero-order chi connectivity index (χ0) is 14.7. The van der Waals surface area contributed by atoms with E-state index in [1.165, 1.54) is 18.5 Å². The number of aryl methyl sites for hydroxylation is 1. The second kappa shape index (κ2) is 6.22. The van der Waals surface area contributed by atoms with E-state index in [1.807, 2.05) is 18.6 Å². The number of rotatable bonds is 4. The fraction of sp³-hybridized carbons (Fsp3) is 0.533. The molecule has 6 nitrogen and oxygen atoms in total. The molecule has 1 saturated heterocycles. The fourth-order valence-electron chi connectivity index (χ4n) is 2.94. The molecule has 0 aromatic carbocycles. The summed E-state index contributed by atoms with van der Waals surface area (Å²) in [5, 5.41) is 0. The second-order valence-electron chi connectivity index (χ2n) is 5.71. The molecule has 0 spiro atoms. The lowest BCUT2D eigenvalue weighted by molar-refractivity contribution is 0.195. The quantitative estimate of drug-likeness (QED) is 0.848. The Kier molecular flexibility index (Phi) is 4.15. The maximum Gasteiger partial charge on any atom is 0.131 e. The van der Waals surface area contributed by atoms with E-state index in [9.17, 15) is 0 Å². The number of piperidine rings is 1. The summed E-state index contributed by atoms with van der Waals surface area (Å²) in [6.07, 6.45) is 9.67. The van der Waals surface area contributed by atoms with Gasteiger partial charge in [0.2, 0.25) is 0 Å². The number of anilines is 1. The van der Waals surface area contributed by atoms with Gasteiger partial charge >= 0.3 is 0 Å². The van der Waals surface area contributed by atoms with Crippen LogP contribution in [-0.4, -0.2) is 50.6 Å². The Balaban J connectivity index is 1.64. The number of likely N-dealkylation sites (tertiary alicyclic amines) is 1. The molecule has 0 N–H and O–H groups in total. The molecule has 0 amide bonds. The Bertz CT molecular complexity index is 567. The molecule has 3 heterocycles. The lowest BCUT2D eigenvalue weighted by atomic mass is 10.0. The SMILES string of the molecule is CN(c1ccncn1)C1CCCN(Cc2cncn2C)C1. The van der Waals surface area contributed by atoms with Crippen LogP contribution in [0.1, 0.15) is 18.5 Å². The third-order valence-electron chi connectivity index (χ3n) is 4.26. The summed E-state index contributed by atoms with van der Waals surface area (Å²) in [4.78, 5) is 17.3. The van der Waals surface area contributed by atoms with Crippen LogP contribution in [0.4, 0.5) is 5.82 Å². The number of imidazole rings is 1. The molecular formula is C15H22N6. The molecule has 1 unspecified atom stereocenters. The maximum atomic E-state index is 4.35. The zero-order valence-electron chi connectivity index (χ0n) is 12.7. The smallest absolute Gasteiger partial charge is 0.131 e. The van der Waals surface area contributed by atoms with Crippen molar-refractivity contribution >= 4 is 5.82 Å². The van der Waals surface area contributed by atoms with Crippen molar-refractivity contribution in [1.82, 2.24) is 24.4 Å². The van der Waals surface area contributed by atoms with E-state index in [0.29, 0.717) is 6.04 Å². The van der Waals surface area contributed by atoms with Crippen LogP contribution >= 0.6 is 0 Å². The van der Waals surface area contributed by atoms with Crippen molar-refractivity contribution in [3.63, 3.8) is 0 Å². The first-order chi connectivity index (χ1) is 10.2. The Morgan fingerprint density at radius 2 is 2.29 bits per heavy atom. The summed E-state index contributed by atoms with van der Waals surface area (Å²) in [7, 11) is 4.18. The van der Waals surface area contributed by atoms with Crippen molar-refractivity contribution in [3.8, 4) is 0 Å². The fourth-order valence-corrected chi connectivity index (χ4v) is 2.94. The molecular weight excluding hydrogens is 264 g/mol. The van der Waals surface area contributed by atoms with Crippen molar-refractivity contribution < 1.29 is 0 Å². The summed E-state index contributed by atoms with van der Waals surface area (Å²) in [6.45, 7) is 3.18. The highest BCUT2D eigenvalue weighted by Gasteiger charge is 2.24. The van der Waals surface area contributed by atoms with Crippen molar-refractivity contribution in [2.24, 2.45) is 7.05 Å². The van der Waals surface area contributed by atoms with E-state index in [1.54, 1.807) is 12.5 Å². The molecule has 0 saturated carbocycles. The highest BCUT2D eigenvalue weighted by molar-refractivity contribution is 5.36. The normalized spacial score (nSPS) is 19.6. The number of aromatic nitrogens is 4. The largest absolute Gasteiger partial charge is 0.355 e. The van der Waals surface area contributed by atoms with Crippen LogP contribution in [0.5, 0.6) is 0 Å². The van der Waals surface area contributed by atoms with Crippen molar-refractivity contribution in [2.45, 2.75) is 25.4 Å². The van der Waals surface area contributed by atoms with Crippen molar-refractivity contribution in [2.75, 3.05) is 25.0 Å². The van der Waals surface area contributed by atoms with Gasteiger partial charge in [-0.05, 0) is 25.5 Å². The number of nitrogens with zero attached hydrogens (tertiary/aromatic N) is 6. The molecule has 1 fully saturated rings. The second-order valence-corrected chi connectivity index (χ2v) is 5.71. The number of hydrogen-bond acceptors (Lipinski definition) is 5. The van der Waals surface area contributed by atoms with Gasteiger partial charge in [0.05, 0.1) is 12.0 Å². The lowest BCUT2D eigenvalue weighted by Gasteiger charge is -2.38. The van der Waals surface area contributed by atoms with Gasteiger partial charge in [0.25, 0.3) is 0 Å². The molecule has 2 aromatic rings. The highest BCUT2D eigenvalue weighted by Crippen LogP contribution is 2.20. The van der Waals surface area contributed by atoms with Crippen LogP contribution in [-0.2, 0) is 13.6 Å². The van der Waals surface area contributed by atoms with Gasteiger partial charge in [0.1, 0.15) is 12.1 Å². The minimum Gasteiger partial charge on any atom is -0.355 e. The van der Waals surface area contributed by atoms with Gasteiger partial charge in [-0.15, -0.1) is 0 Å². The van der Waals surface area contributed by atoms with E-state index < -0.39 is 0 Å². The molecule has 1 aliphatic heterocycles. The van der Waals surface area contributed by atoms with Gasteiger partial charge in [-0.25, -0.2) is 15.0 Å². The van der Waals surface area contributed by atoms with Crippen molar-refractivity contribution in [1.29, 1.82) is 0 Å². The maximum absolute atomic E-state index is 4.35. The Morgan fingerprint density at radius 1 is 1.38 bits per heavy atom. The molecule has 3 rings (SSSR count). The van der Waals surface area contributed by atoms with Crippen LogP contribution in [0.15, 0.2) is 31.1 Å². The van der Waals surface area contributed by atoms with Gasteiger partial charge < -0.3 is 9.47 Å². The molecule has 1 atom stereocenters. The van der Waals surface area contributed by atoms with Gasteiger partial charge in [-0.3, -0.25) is 4.90 Å². The molecule has 1 aliphatic rings. The average Bonchev–Trinajstić information content (AvgIpc) is 2.93. The monoisotopic (exact) mass is 286 g/mol. The van der Waals surface area contributed by atoms with Crippen LogP contribution < -0.4 is 4.90 Å². The summed E-state index contributed by atoms with van der Waals surface area (Å²) < 4.78 is 2.09. The van der Waals surface area contributed by atoms with Crippen LogP contribution in [0.2, 0.25) is 0 Å². The first kappa shape index (κ1) is 14.0. The topological polar surface area (TPSA) is 50.1 Å². The minimum atomic E-state index is 0.502. The van der Waals surface area contributed by atoms with Gasteiger partial charge in [0, 0.05) is 45.6 Å². The summed E-state index contributed by atoms with van der Waals surface area (Å²) in [5.41, 5.74) is 1.26. The summed E-state index contributed by atoms with van der Waals surface area (Å²) in [5.74, 6) is 0.998. The Labute approximate surface area is 125 Å². The summed E-state index contributed by atoms with van der Waals surface area (Å²) in [6, 6.07) is 2.47. The zero-order valence-corrected chi connectivity index (χ0v) is 12.7. The van der Waals surface area contributed by atoms with Crippen LogP contribution in [0, 0.1) is 0 Å². The molecule has 21 heavy (non-hydrogen) atoms. The van der Waals surface area contributed by atoms with Crippen LogP contribution in [0.3, 0.4) is 0 Å². The third-order valence-corrected chi connectivity index (χ3v) is 4.26. The van der Waals surface area contributed by atoms with E-state index >= 15 is 0 Å². The minimum absolute atomic E-state index is 0.502. The van der Waals surface area contributed by atoms with E-state index in [2.05, 4.69) is 43.4 Å². The Morgan fingerprint density at radius 3 is 3.00 bits per heavy atom. The van der Waals surface area contributed by atoms with E-state index in [-0.39, 0.29) is 0 Å². The predicted molar refractivity (Wildman–Crippen MR) is 81.9 cm³/mol. The standard InChI is InChI=1S/C15H22N6/c1-19-12-17-8-14(19)10-21-7-3-4-13(9-21)20(2)15-5-6-16-11-18-15/h5-6,8,11-13H,3-4,7,9-10H2,1-2H3. The van der Waals surface area contributed by atoms with E-state index in [4.69, 9.17) is 0 Å². The predicted octanol–water partition coefficient (Wildman–Crippen LogP) is 1.31. The molecule has 112 valence electrons. The Hall–Kier alpha value is -1.95. The third kappa shape index (κ3) is 3.21. The molecule has 0 aliphatic carbocycles. The summed E-state index contributed by atoms with van der Waals surface area (Å²) >= 11 is 0. The van der Waals surface area contributed by atoms with Gasteiger partial charge in [-0.2, -0.15) is 0 Å². The van der Waals surface area contributed by atoms with Crippen molar-refractivity contribution in [3.05, 3.63) is 36.8 Å². The lowest BCUT2D eigenvalue weighted by Crippen LogP contribution is -2.46. The first-order valence-electron chi connectivity index (χ1n) is 7.40. The van der Waals surface area contributed by atoms with Crippen LogP contribution in [0.25, 0.3) is 0 Å². The average molecular weight is 286 g/mol. The number of likely N-dealkylation sites (N-methyl/N-ethyl adjacent to an activating group) is 1. The molecule has 0 radical (unpaired) electrons. The number of hydrogen-bond donors (Lipinski definition) is 0. The van der Waals surface area contributed by atoms with Gasteiger partial charge in [-0.1, -0.05) is 0 Å². The highest BCUT2D eigenvalue weighted by atomic mass is 15.3. The molecule has 0 bridgehead atoms. The molecule has 6 heteroatoms. The van der Waals surface area contributed by atoms with Gasteiger partial charge in [0.15, 0.2) is 0 Å². The van der Waals surface area contributed by atoms with E-state index in [0.717, 1.165) is 25.5 Å². The first-order valence-corrected chi connectivity index (χ1v) is 7.40.